The Morgan fingerprint density at radius 1 is 1.25 bits per heavy atom. The maximum atomic E-state index is 12.0. The van der Waals surface area contributed by atoms with Crippen LogP contribution in [0.4, 0.5) is 11.5 Å². The minimum atomic E-state index is -3.38. The molecule has 1 aromatic rings. The average Bonchev–Trinajstić information content (AvgIpc) is 2.38. The van der Waals surface area contributed by atoms with E-state index in [9.17, 15) is 8.42 Å². The summed E-state index contributed by atoms with van der Waals surface area (Å²) in [5.74, 6) is 0.827. The van der Waals surface area contributed by atoms with Gasteiger partial charge in [-0.15, -0.1) is 0 Å². The molecule has 0 saturated carbocycles. The number of piperazine rings is 1. The summed E-state index contributed by atoms with van der Waals surface area (Å²) in [6.45, 7) is 5.77. The lowest BCUT2D eigenvalue weighted by atomic mass is 10.3. The van der Waals surface area contributed by atoms with Gasteiger partial charge >= 0.3 is 0 Å². The third kappa shape index (κ3) is 3.59. The van der Waals surface area contributed by atoms with Gasteiger partial charge < -0.3 is 10.6 Å². The first-order valence-electron chi connectivity index (χ1n) is 6.62. The van der Waals surface area contributed by atoms with E-state index in [1.165, 1.54) is 4.31 Å². The predicted octanol–water partition coefficient (Wildman–Crippen LogP) is 0.0286. The summed E-state index contributed by atoms with van der Waals surface area (Å²) in [5, 5.41) is 0. The van der Waals surface area contributed by atoms with Crippen molar-refractivity contribution in [1.29, 1.82) is 0 Å². The number of hydrogen-bond acceptors (Lipinski definition) is 5. The van der Waals surface area contributed by atoms with Gasteiger partial charge in [-0.05, 0) is 26.0 Å². The van der Waals surface area contributed by atoms with Gasteiger partial charge in [0.15, 0.2) is 0 Å². The monoisotopic (exact) mass is 299 g/mol. The molecule has 1 aliphatic rings. The Labute approximate surface area is 120 Å². The standard InChI is InChI=1S/C12H21N5O2S/c1-10(2)15-20(18,19)17-7-5-16(6-8-17)12-4-3-11(13)9-14-12/h3-4,9-10,15H,5-8,13H2,1-2H3. The number of hydrogen-bond donors (Lipinski definition) is 2. The Balaban J connectivity index is 1.97. The number of anilines is 2. The summed E-state index contributed by atoms with van der Waals surface area (Å²) in [6.07, 6.45) is 1.61. The lowest BCUT2D eigenvalue weighted by molar-refractivity contribution is 0.375. The van der Waals surface area contributed by atoms with Crippen LogP contribution < -0.4 is 15.4 Å². The van der Waals surface area contributed by atoms with Crippen LogP contribution in [0.5, 0.6) is 0 Å². The van der Waals surface area contributed by atoms with Gasteiger partial charge in [0, 0.05) is 32.2 Å². The fraction of sp³-hybridized carbons (Fsp3) is 0.583. The highest BCUT2D eigenvalue weighted by atomic mass is 32.2. The first-order chi connectivity index (χ1) is 9.38. The summed E-state index contributed by atoms with van der Waals surface area (Å²) in [6, 6.07) is 3.55. The zero-order valence-electron chi connectivity index (χ0n) is 11.8. The smallest absolute Gasteiger partial charge is 0.279 e. The summed E-state index contributed by atoms with van der Waals surface area (Å²) in [5.41, 5.74) is 6.23. The fourth-order valence-electron chi connectivity index (χ4n) is 2.11. The Hall–Kier alpha value is -1.38. The molecule has 1 fully saturated rings. The second kappa shape index (κ2) is 5.94. The molecule has 0 spiro atoms. The molecule has 0 unspecified atom stereocenters. The maximum absolute atomic E-state index is 12.0. The van der Waals surface area contributed by atoms with Gasteiger partial charge in [0.2, 0.25) is 0 Å². The Morgan fingerprint density at radius 3 is 2.40 bits per heavy atom. The molecule has 20 heavy (non-hydrogen) atoms. The number of nitrogen functional groups attached to an aromatic ring is 1. The van der Waals surface area contributed by atoms with Crippen molar-refractivity contribution in [2.24, 2.45) is 0 Å². The SMILES string of the molecule is CC(C)NS(=O)(=O)N1CCN(c2ccc(N)cn2)CC1. The molecule has 0 bridgehead atoms. The lowest BCUT2D eigenvalue weighted by Crippen LogP contribution is -2.53. The van der Waals surface area contributed by atoms with Crippen LogP contribution in [0.1, 0.15) is 13.8 Å². The van der Waals surface area contributed by atoms with Crippen molar-refractivity contribution in [3.63, 3.8) is 0 Å². The molecule has 0 amide bonds. The number of nitrogens with zero attached hydrogens (tertiary/aromatic N) is 3. The van der Waals surface area contributed by atoms with Crippen LogP contribution in [0.25, 0.3) is 0 Å². The minimum Gasteiger partial charge on any atom is -0.397 e. The highest BCUT2D eigenvalue weighted by Crippen LogP contribution is 2.15. The molecule has 112 valence electrons. The molecule has 0 radical (unpaired) electrons. The zero-order chi connectivity index (χ0) is 14.8. The third-order valence-electron chi connectivity index (χ3n) is 3.06. The van der Waals surface area contributed by atoms with E-state index in [2.05, 4.69) is 14.6 Å². The topological polar surface area (TPSA) is 91.6 Å². The Bertz CT molecular complexity index is 535. The third-order valence-corrected chi connectivity index (χ3v) is 4.87. The molecule has 8 heteroatoms. The van der Waals surface area contributed by atoms with Gasteiger partial charge in [0.25, 0.3) is 10.2 Å². The molecule has 1 saturated heterocycles. The number of aromatic nitrogens is 1. The zero-order valence-corrected chi connectivity index (χ0v) is 12.6. The molecule has 1 aliphatic heterocycles. The van der Waals surface area contributed by atoms with Crippen molar-refractivity contribution < 1.29 is 8.42 Å². The van der Waals surface area contributed by atoms with Gasteiger partial charge in [0.1, 0.15) is 5.82 Å². The van der Waals surface area contributed by atoms with Crippen molar-refractivity contribution in [3.8, 4) is 0 Å². The molecule has 2 rings (SSSR count). The van der Waals surface area contributed by atoms with E-state index in [1.807, 2.05) is 19.9 Å². The second-order valence-electron chi connectivity index (χ2n) is 5.11. The van der Waals surface area contributed by atoms with Gasteiger partial charge in [-0.2, -0.15) is 17.4 Å². The van der Waals surface area contributed by atoms with Gasteiger partial charge in [-0.1, -0.05) is 0 Å². The first-order valence-corrected chi connectivity index (χ1v) is 8.06. The average molecular weight is 299 g/mol. The molecular weight excluding hydrogens is 278 g/mol. The van der Waals surface area contributed by atoms with E-state index >= 15 is 0 Å². The highest BCUT2D eigenvalue weighted by Gasteiger charge is 2.27. The maximum Gasteiger partial charge on any atom is 0.279 e. The summed E-state index contributed by atoms with van der Waals surface area (Å²) in [7, 11) is -3.38. The summed E-state index contributed by atoms with van der Waals surface area (Å²) >= 11 is 0. The lowest BCUT2D eigenvalue weighted by Gasteiger charge is -2.34. The first kappa shape index (κ1) is 15.0. The molecule has 1 aromatic heterocycles. The van der Waals surface area contributed by atoms with Crippen LogP contribution in [-0.4, -0.2) is 49.9 Å². The summed E-state index contributed by atoms with van der Waals surface area (Å²) in [4.78, 5) is 6.31. The van der Waals surface area contributed by atoms with E-state index in [-0.39, 0.29) is 6.04 Å². The quantitative estimate of drug-likeness (QED) is 0.818. The van der Waals surface area contributed by atoms with Gasteiger partial charge in [0.05, 0.1) is 11.9 Å². The van der Waals surface area contributed by atoms with E-state index in [0.29, 0.717) is 31.9 Å². The van der Waals surface area contributed by atoms with Crippen molar-refractivity contribution in [1.82, 2.24) is 14.0 Å². The van der Waals surface area contributed by atoms with Crippen LogP contribution in [0.15, 0.2) is 18.3 Å². The molecule has 7 nitrogen and oxygen atoms in total. The Morgan fingerprint density at radius 2 is 1.90 bits per heavy atom. The van der Waals surface area contributed by atoms with Crippen LogP contribution in [0.2, 0.25) is 0 Å². The predicted molar refractivity (Wildman–Crippen MR) is 79.6 cm³/mol. The van der Waals surface area contributed by atoms with Gasteiger partial charge in [-0.3, -0.25) is 0 Å². The molecule has 3 N–H and O–H groups in total. The molecule has 0 aliphatic carbocycles. The van der Waals surface area contributed by atoms with Crippen LogP contribution in [-0.2, 0) is 10.2 Å². The largest absolute Gasteiger partial charge is 0.397 e. The number of pyridine rings is 1. The van der Waals surface area contributed by atoms with Gasteiger partial charge in [-0.25, -0.2) is 4.98 Å². The minimum absolute atomic E-state index is 0.100. The number of nitrogens with two attached hydrogens (primary N) is 1. The van der Waals surface area contributed by atoms with Crippen molar-refractivity contribution in [2.75, 3.05) is 36.8 Å². The number of rotatable bonds is 4. The van der Waals surface area contributed by atoms with Crippen LogP contribution in [0, 0.1) is 0 Å². The highest BCUT2D eigenvalue weighted by molar-refractivity contribution is 7.87. The van der Waals surface area contributed by atoms with E-state index in [4.69, 9.17) is 5.73 Å². The molecule has 0 atom stereocenters. The second-order valence-corrected chi connectivity index (χ2v) is 6.82. The number of nitrogens with one attached hydrogen (secondary N) is 1. The van der Waals surface area contributed by atoms with Crippen LogP contribution >= 0.6 is 0 Å². The van der Waals surface area contributed by atoms with E-state index in [0.717, 1.165) is 5.82 Å². The van der Waals surface area contributed by atoms with Crippen LogP contribution in [0.3, 0.4) is 0 Å². The van der Waals surface area contributed by atoms with Crippen molar-refractivity contribution >= 4 is 21.7 Å². The van der Waals surface area contributed by atoms with E-state index in [1.54, 1.807) is 12.3 Å². The van der Waals surface area contributed by atoms with Crippen molar-refractivity contribution in [3.05, 3.63) is 18.3 Å². The fourth-order valence-corrected chi connectivity index (χ4v) is 3.50. The Kier molecular flexibility index (Phi) is 4.46. The normalized spacial score (nSPS) is 17.6. The molecule has 0 aromatic carbocycles. The van der Waals surface area contributed by atoms with E-state index < -0.39 is 10.2 Å². The molecule has 2 heterocycles. The summed E-state index contributed by atoms with van der Waals surface area (Å²) < 4.78 is 28.2. The molecular formula is C12H21N5O2S. The van der Waals surface area contributed by atoms with Crippen molar-refractivity contribution in [2.45, 2.75) is 19.9 Å².